The molecular formula is C29H54O15. The van der Waals surface area contributed by atoms with Crippen molar-refractivity contribution < 1.29 is 72.9 Å². The van der Waals surface area contributed by atoms with Crippen LogP contribution in [-0.2, 0) is 47.4 Å². The van der Waals surface area contributed by atoms with Crippen molar-refractivity contribution >= 4 is 0 Å². The molecule has 0 bridgehead atoms. The quantitative estimate of drug-likeness (QED) is 0.117. The molecule has 44 heavy (non-hydrogen) atoms. The average molecular weight is 643 g/mol. The van der Waals surface area contributed by atoms with E-state index in [4.69, 9.17) is 47.4 Å². The Bertz CT molecular complexity index is 794. The molecule has 3 saturated heterocycles. The van der Waals surface area contributed by atoms with Crippen molar-refractivity contribution in [3.63, 3.8) is 0 Å². The van der Waals surface area contributed by atoms with Crippen LogP contribution in [0.15, 0.2) is 0 Å². The van der Waals surface area contributed by atoms with E-state index in [9.17, 15) is 25.5 Å². The van der Waals surface area contributed by atoms with Gasteiger partial charge < -0.3 is 72.9 Å². The van der Waals surface area contributed by atoms with E-state index in [1.54, 1.807) is 0 Å². The van der Waals surface area contributed by atoms with Crippen molar-refractivity contribution in [2.75, 3.05) is 88.4 Å². The van der Waals surface area contributed by atoms with Crippen LogP contribution in [0.25, 0.3) is 0 Å². The van der Waals surface area contributed by atoms with Crippen molar-refractivity contribution in [3.8, 4) is 0 Å². The van der Waals surface area contributed by atoms with Crippen LogP contribution < -0.4 is 0 Å². The van der Waals surface area contributed by atoms with Gasteiger partial charge in [0, 0.05) is 91.6 Å². The number of hydrogen-bond acceptors (Lipinski definition) is 15. The lowest BCUT2D eigenvalue weighted by Gasteiger charge is -2.50. The fourth-order valence-electron chi connectivity index (χ4n) is 7.04. The predicted molar refractivity (Wildman–Crippen MR) is 152 cm³/mol. The molecular weight excluding hydrogens is 588 g/mol. The number of hydrogen-bond donors (Lipinski definition) is 5. The first-order chi connectivity index (χ1) is 21.3. The van der Waals surface area contributed by atoms with Crippen molar-refractivity contribution in [2.45, 2.75) is 68.3 Å². The maximum Gasteiger partial charge on any atom is 0.185 e. The van der Waals surface area contributed by atoms with Crippen LogP contribution in [0.3, 0.4) is 0 Å². The average Bonchev–Trinajstić information content (AvgIpc) is 3.03. The van der Waals surface area contributed by atoms with Gasteiger partial charge in [-0.05, 0) is 6.92 Å². The van der Waals surface area contributed by atoms with Crippen LogP contribution in [0.2, 0.25) is 0 Å². The van der Waals surface area contributed by atoms with E-state index in [1.807, 2.05) is 6.92 Å². The maximum atomic E-state index is 10.5. The zero-order valence-electron chi connectivity index (χ0n) is 26.6. The van der Waals surface area contributed by atoms with E-state index in [0.717, 1.165) is 0 Å². The molecule has 260 valence electrons. The molecule has 0 saturated carbocycles. The van der Waals surface area contributed by atoms with E-state index in [-0.39, 0.29) is 59.0 Å². The van der Waals surface area contributed by atoms with E-state index < -0.39 is 84.9 Å². The molecule has 0 aromatic carbocycles. The molecule has 0 aliphatic carbocycles. The molecule has 0 aromatic heterocycles. The number of methoxy groups -OCH3 is 5. The lowest BCUT2D eigenvalue weighted by Crippen LogP contribution is -2.63. The normalized spacial score (nSPS) is 43.3. The SMILES string of the molecule is COCC1O[C@@H](C)C(CO)[C@@H](CO)[C@@H]1O[C@@H]1OC(CO[C@H]2OC(COC)[C@H](CO)[C@H](CO)C2OC)[C@@H](OC)[C@H](CO)C1OC. The third-order valence-electron chi connectivity index (χ3n) is 9.39. The van der Waals surface area contributed by atoms with E-state index in [0.29, 0.717) is 0 Å². The Morgan fingerprint density at radius 2 is 0.955 bits per heavy atom. The summed E-state index contributed by atoms with van der Waals surface area (Å²) >= 11 is 0. The minimum Gasteiger partial charge on any atom is -0.396 e. The predicted octanol–water partition coefficient (Wildman–Crippen LogP) is -1.99. The summed E-state index contributed by atoms with van der Waals surface area (Å²) in [4.78, 5) is 0. The van der Waals surface area contributed by atoms with Crippen LogP contribution >= 0.6 is 0 Å². The second kappa shape index (κ2) is 18.7. The summed E-state index contributed by atoms with van der Waals surface area (Å²) in [5, 5.41) is 51.1. The standard InChI is InChI=1S/C29H54O15/c1-15-16(7-30)18(9-32)25(22(41-15)13-36-3)44-29-27(39-6)20(11-34)24(37-4)23(43-29)14-40-28-26(38-5)19(10-33)17(8-31)21(42-28)12-35-2/h15-34H,7-14H2,1-6H3/t15-,16?,17+,18+,19-,20-,21?,22?,23?,24-,25-,26?,27?,28-,29-/m0/s1. The lowest BCUT2D eigenvalue weighted by atomic mass is 9.80. The highest BCUT2D eigenvalue weighted by molar-refractivity contribution is 4.96. The Morgan fingerprint density at radius 3 is 1.48 bits per heavy atom. The van der Waals surface area contributed by atoms with Crippen LogP contribution in [-0.4, -0.2) is 175 Å². The van der Waals surface area contributed by atoms with Crippen molar-refractivity contribution in [2.24, 2.45) is 29.6 Å². The topological polar surface area (TPSA) is 193 Å². The van der Waals surface area contributed by atoms with Gasteiger partial charge in [0.15, 0.2) is 12.6 Å². The van der Waals surface area contributed by atoms with E-state index >= 15 is 0 Å². The molecule has 5 N–H and O–H groups in total. The molecule has 3 aliphatic rings. The van der Waals surface area contributed by atoms with Crippen molar-refractivity contribution in [1.82, 2.24) is 0 Å². The summed E-state index contributed by atoms with van der Waals surface area (Å²) in [6.45, 7) is 0.776. The van der Waals surface area contributed by atoms with Crippen LogP contribution in [0, 0.1) is 29.6 Å². The maximum absolute atomic E-state index is 10.5. The first kappa shape index (κ1) is 37.9. The smallest absolute Gasteiger partial charge is 0.185 e. The highest BCUT2D eigenvalue weighted by atomic mass is 16.7. The van der Waals surface area contributed by atoms with Gasteiger partial charge in [-0.15, -0.1) is 0 Å². The molecule has 3 aliphatic heterocycles. The molecule has 0 spiro atoms. The van der Waals surface area contributed by atoms with Crippen LogP contribution in [0.4, 0.5) is 0 Å². The van der Waals surface area contributed by atoms with Gasteiger partial charge in [0.25, 0.3) is 0 Å². The van der Waals surface area contributed by atoms with Gasteiger partial charge in [-0.3, -0.25) is 0 Å². The van der Waals surface area contributed by atoms with Crippen LogP contribution in [0.1, 0.15) is 6.92 Å². The highest BCUT2D eigenvalue weighted by Gasteiger charge is 2.52. The number of ether oxygens (including phenoxy) is 10. The molecule has 15 heteroatoms. The number of aliphatic hydroxyl groups excluding tert-OH is 5. The molecule has 0 aromatic rings. The van der Waals surface area contributed by atoms with Gasteiger partial charge in [0.1, 0.15) is 24.4 Å². The molecule has 3 rings (SSSR count). The summed E-state index contributed by atoms with van der Waals surface area (Å²) in [5.74, 6) is -2.44. The van der Waals surface area contributed by atoms with E-state index in [2.05, 4.69) is 0 Å². The first-order valence-corrected chi connectivity index (χ1v) is 15.2. The minimum absolute atomic E-state index is 0.0835. The Hall–Kier alpha value is -0.600. The van der Waals surface area contributed by atoms with Gasteiger partial charge >= 0.3 is 0 Å². The molecule has 3 fully saturated rings. The van der Waals surface area contributed by atoms with E-state index in [1.165, 1.54) is 35.5 Å². The molecule has 6 unspecified atom stereocenters. The van der Waals surface area contributed by atoms with Crippen molar-refractivity contribution in [1.29, 1.82) is 0 Å². The Kier molecular flexibility index (Phi) is 16.1. The Labute approximate surface area is 259 Å². The minimum atomic E-state index is -1.05. The van der Waals surface area contributed by atoms with Crippen molar-refractivity contribution in [3.05, 3.63) is 0 Å². The Morgan fingerprint density at radius 1 is 0.477 bits per heavy atom. The summed E-state index contributed by atoms with van der Waals surface area (Å²) in [6, 6.07) is 0. The fraction of sp³-hybridized carbons (Fsp3) is 1.00. The van der Waals surface area contributed by atoms with Crippen LogP contribution in [0.5, 0.6) is 0 Å². The van der Waals surface area contributed by atoms with Gasteiger partial charge in [-0.25, -0.2) is 0 Å². The van der Waals surface area contributed by atoms with Gasteiger partial charge in [0.05, 0.1) is 50.8 Å². The summed E-state index contributed by atoms with van der Waals surface area (Å²) in [6.07, 6.45) is -7.20. The monoisotopic (exact) mass is 642 g/mol. The largest absolute Gasteiger partial charge is 0.396 e. The third kappa shape index (κ3) is 8.27. The highest BCUT2D eigenvalue weighted by Crippen LogP contribution is 2.38. The number of aliphatic hydroxyl groups is 5. The zero-order valence-corrected chi connectivity index (χ0v) is 26.6. The summed E-state index contributed by atoms with van der Waals surface area (Å²) in [7, 11) is 7.50. The zero-order chi connectivity index (χ0) is 32.4. The first-order valence-electron chi connectivity index (χ1n) is 15.2. The van der Waals surface area contributed by atoms with Gasteiger partial charge in [0.2, 0.25) is 0 Å². The Balaban J connectivity index is 1.86. The van der Waals surface area contributed by atoms with Gasteiger partial charge in [-0.1, -0.05) is 0 Å². The second-order valence-electron chi connectivity index (χ2n) is 11.6. The van der Waals surface area contributed by atoms with Gasteiger partial charge in [-0.2, -0.15) is 0 Å². The summed E-state index contributed by atoms with van der Waals surface area (Å²) in [5.41, 5.74) is 0. The third-order valence-corrected chi connectivity index (χ3v) is 9.39. The molecule has 15 atom stereocenters. The summed E-state index contributed by atoms with van der Waals surface area (Å²) < 4.78 is 59.3. The molecule has 0 radical (unpaired) electrons. The molecule has 15 nitrogen and oxygen atoms in total. The molecule has 0 amide bonds. The molecule has 3 heterocycles. The second-order valence-corrected chi connectivity index (χ2v) is 11.6. The fourth-order valence-corrected chi connectivity index (χ4v) is 7.04. The number of rotatable bonds is 17. The lowest BCUT2D eigenvalue weighted by molar-refractivity contribution is -0.348.